The number of halogens is 1. The summed E-state index contributed by atoms with van der Waals surface area (Å²) in [5.74, 6) is -1.97. The van der Waals surface area contributed by atoms with Crippen LogP contribution in [0.4, 0.5) is 4.39 Å². The van der Waals surface area contributed by atoms with Crippen LogP contribution in [-0.2, 0) is 14.3 Å². The number of nitrogens with zero attached hydrogens (tertiary/aromatic N) is 2. The lowest BCUT2D eigenvalue weighted by atomic mass is 9.95. The van der Waals surface area contributed by atoms with Crippen LogP contribution in [0.5, 0.6) is 5.75 Å². The minimum atomic E-state index is -1.01. The fraction of sp³-hybridized carbons (Fsp3) is 0.360. The number of hydrogen-bond donors (Lipinski definition) is 1. The molecular formula is C25H27FN2O5. The second-order valence-electron chi connectivity index (χ2n) is 8.05. The van der Waals surface area contributed by atoms with E-state index >= 15 is 0 Å². The number of aliphatic hydroxyl groups is 1. The second-order valence-corrected chi connectivity index (χ2v) is 8.05. The highest BCUT2D eigenvalue weighted by Gasteiger charge is 2.46. The second kappa shape index (κ2) is 10.1. The molecule has 2 aromatic carbocycles. The van der Waals surface area contributed by atoms with E-state index in [1.54, 1.807) is 42.5 Å². The number of carbonyl (C=O) groups excluding carboxylic acids is 2. The highest BCUT2D eigenvalue weighted by Crippen LogP contribution is 2.40. The van der Waals surface area contributed by atoms with Crippen molar-refractivity contribution >= 4 is 17.4 Å². The van der Waals surface area contributed by atoms with Crippen LogP contribution < -0.4 is 4.74 Å². The Bertz CT molecular complexity index is 1060. The predicted octanol–water partition coefficient (Wildman–Crippen LogP) is 2.98. The average Bonchev–Trinajstić information content (AvgIpc) is 3.09. The number of rotatable bonds is 7. The van der Waals surface area contributed by atoms with Gasteiger partial charge in [0.2, 0.25) is 0 Å². The van der Waals surface area contributed by atoms with Crippen molar-refractivity contribution in [3.63, 3.8) is 0 Å². The van der Waals surface area contributed by atoms with Gasteiger partial charge >= 0.3 is 0 Å². The molecule has 2 saturated heterocycles. The topological polar surface area (TPSA) is 79.3 Å². The summed E-state index contributed by atoms with van der Waals surface area (Å²) in [6.07, 6.45) is 0.608. The Morgan fingerprint density at radius 2 is 1.88 bits per heavy atom. The molecule has 0 aliphatic carbocycles. The first kappa shape index (κ1) is 22.9. The molecule has 174 valence electrons. The number of likely N-dealkylation sites (tertiary alicyclic amines) is 1. The molecule has 4 rings (SSSR count). The van der Waals surface area contributed by atoms with Gasteiger partial charge in [-0.2, -0.15) is 0 Å². The third-order valence-corrected chi connectivity index (χ3v) is 6.06. The van der Waals surface area contributed by atoms with Crippen LogP contribution in [0.2, 0.25) is 0 Å². The number of ketones is 1. The van der Waals surface area contributed by atoms with Crippen molar-refractivity contribution in [3.8, 4) is 5.75 Å². The van der Waals surface area contributed by atoms with Gasteiger partial charge in [-0.15, -0.1) is 0 Å². The summed E-state index contributed by atoms with van der Waals surface area (Å²) in [6, 6.07) is 11.6. The van der Waals surface area contributed by atoms with Crippen molar-refractivity contribution in [2.75, 3.05) is 46.5 Å². The molecule has 33 heavy (non-hydrogen) atoms. The van der Waals surface area contributed by atoms with Gasteiger partial charge in [0.1, 0.15) is 17.3 Å². The van der Waals surface area contributed by atoms with Gasteiger partial charge in [0.25, 0.3) is 11.7 Å². The fourth-order valence-corrected chi connectivity index (χ4v) is 4.35. The molecule has 0 bridgehead atoms. The lowest BCUT2D eigenvalue weighted by molar-refractivity contribution is -0.140. The minimum Gasteiger partial charge on any atom is -0.507 e. The molecule has 2 aliphatic heterocycles. The van der Waals surface area contributed by atoms with E-state index in [0.717, 1.165) is 19.6 Å². The Morgan fingerprint density at radius 1 is 1.12 bits per heavy atom. The first-order valence-corrected chi connectivity index (χ1v) is 11.0. The summed E-state index contributed by atoms with van der Waals surface area (Å²) in [7, 11) is 1.49. The molecule has 2 heterocycles. The molecule has 2 aromatic rings. The molecule has 1 unspecified atom stereocenters. The number of benzene rings is 2. The number of hydrogen-bond acceptors (Lipinski definition) is 6. The van der Waals surface area contributed by atoms with Crippen molar-refractivity contribution < 1.29 is 28.6 Å². The maximum Gasteiger partial charge on any atom is 0.295 e. The maximum absolute atomic E-state index is 14.8. The zero-order valence-corrected chi connectivity index (χ0v) is 18.5. The summed E-state index contributed by atoms with van der Waals surface area (Å²) >= 11 is 0. The lowest BCUT2D eigenvalue weighted by Gasteiger charge is -2.29. The molecule has 2 fully saturated rings. The number of ether oxygens (including phenoxy) is 2. The average molecular weight is 454 g/mol. The number of methoxy groups -OCH3 is 1. The third-order valence-electron chi connectivity index (χ3n) is 6.06. The van der Waals surface area contributed by atoms with Crippen LogP contribution in [0.15, 0.2) is 54.1 Å². The Labute approximate surface area is 192 Å². The van der Waals surface area contributed by atoms with Gasteiger partial charge in [-0.3, -0.25) is 14.5 Å². The van der Waals surface area contributed by atoms with Gasteiger partial charge in [0.05, 0.1) is 31.9 Å². The maximum atomic E-state index is 14.8. The van der Waals surface area contributed by atoms with Crippen molar-refractivity contribution in [3.05, 3.63) is 71.0 Å². The highest BCUT2D eigenvalue weighted by molar-refractivity contribution is 6.46. The Kier molecular flexibility index (Phi) is 7.05. The van der Waals surface area contributed by atoms with Gasteiger partial charge in [0, 0.05) is 37.3 Å². The summed E-state index contributed by atoms with van der Waals surface area (Å²) in [5, 5.41) is 11.1. The van der Waals surface area contributed by atoms with E-state index in [9.17, 15) is 19.1 Å². The molecule has 1 atom stereocenters. The largest absolute Gasteiger partial charge is 0.507 e. The number of carbonyl (C=O) groups is 2. The van der Waals surface area contributed by atoms with Crippen LogP contribution in [0.1, 0.15) is 23.6 Å². The van der Waals surface area contributed by atoms with E-state index in [0.29, 0.717) is 30.9 Å². The van der Waals surface area contributed by atoms with Crippen molar-refractivity contribution in [1.29, 1.82) is 0 Å². The van der Waals surface area contributed by atoms with Crippen LogP contribution >= 0.6 is 0 Å². The van der Waals surface area contributed by atoms with Gasteiger partial charge in [0.15, 0.2) is 0 Å². The van der Waals surface area contributed by atoms with Gasteiger partial charge in [-0.25, -0.2) is 4.39 Å². The van der Waals surface area contributed by atoms with Gasteiger partial charge in [-0.05, 0) is 24.6 Å². The molecule has 1 amide bonds. The lowest BCUT2D eigenvalue weighted by Crippen LogP contribution is -2.39. The first-order chi connectivity index (χ1) is 16.0. The van der Waals surface area contributed by atoms with Crippen LogP contribution in [-0.4, -0.2) is 73.1 Å². The van der Waals surface area contributed by atoms with Crippen molar-refractivity contribution in [1.82, 2.24) is 9.80 Å². The van der Waals surface area contributed by atoms with Crippen LogP contribution in [0, 0.1) is 5.82 Å². The van der Waals surface area contributed by atoms with Gasteiger partial charge in [-0.1, -0.05) is 30.3 Å². The molecule has 2 aliphatic rings. The summed E-state index contributed by atoms with van der Waals surface area (Å²) in [4.78, 5) is 29.7. The highest BCUT2D eigenvalue weighted by atomic mass is 19.1. The van der Waals surface area contributed by atoms with E-state index in [1.165, 1.54) is 18.1 Å². The number of amides is 1. The SMILES string of the molecule is COc1cccc(C(O)=C2C(=O)C(=O)N(CCCN3CCOCC3)C2c2ccccc2F)c1. The first-order valence-electron chi connectivity index (χ1n) is 11.0. The smallest absolute Gasteiger partial charge is 0.295 e. The molecule has 7 nitrogen and oxygen atoms in total. The summed E-state index contributed by atoms with van der Waals surface area (Å²) in [5.41, 5.74) is 0.374. The van der Waals surface area contributed by atoms with Crippen LogP contribution in [0.25, 0.3) is 5.76 Å². The van der Waals surface area contributed by atoms with Crippen molar-refractivity contribution in [2.24, 2.45) is 0 Å². The molecule has 8 heteroatoms. The molecule has 0 aromatic heterocycles. The molecule has 0 spiro atoms. The van der Waals surface area contributed by atoms with E-state index in [4.69, 9.17) is 9.47 Å². The Balaban J connectivity index is 1.69. The van der Waals surface area contributed by atoms with Gasteiger partial charge < -0.3 is 19.5 Å². The van der Waals surface area contributed by atoms with E-state index in [2.05, 4.69) is 4.90 Å². The molecular weight excluding hydrogens is 427 g/mol. The number of morpholine rings is 1. The zero-order chi connectivity index (χ0) is 23.4. The molecule has 1 N–H and O–H groups in total. The molecule has 0 radical (unpaired) electrons. The quantitative estimate of drug-likeness (QED) is 0.394. The summed E-state index contributed by atoms with van der Waals surface area (Å²) in [6.45, 7) is 3.94. The zero-order valence-electron chi connectivity index (χ0n) is 18.5. The Morgan fingerprint density at radius 3 is 2.61 bits per heavy atom. The standard InChI is InChI=1S/C25H27FN2O5/c1-32-18-7-4-6-17(16-18)23(29)21-22(19-8-2-3-9-20(19)26)28(25(31)24(21)30)11-5-10-27-12-14-33-15-13-27/h2-4,6-9,16,22,29H,5,10-15H2,1H3. The normalized spacial score (nSPS) is 20.9. The monoisotopic (exact) mass is 454 g/mol. The van der Waals surface area contributed by atoms with E-state index in [-0.39, 0.29) is 23.4 Å². The summed E-state index contributed by atoms with van der Waals surface area (Å²) < 4.78 is 25.4. The van der Waals surface area contributed by atoms with Crippen molar-refractivity contribution in [2.45, 2.75) is 12.5 Å². The molecule has 0 saturated carbocycles. The third kappa shape index (κ3) is 4.77. The minimum absolute atomic E-state index is 0.121. The predicted molar refractivity (Wildman–Crippen MR) is 120 cm³/mol. The fourth-order valence-electron chi connectivity index (χ4n) is 4.35. The van der Waals surface area contributed by atoms with E-state index < -0.39 is 23.5 Å². The number of aliphatic hydroxyl groups excluding tert-OH is 1. The number of Topliss-reactive ketones (excluding diaryl/α,β-unsaturated/α-hetero) is 1. The Hall–Kier alpha value is -3.23. The van der Waals surface area contributed by atoms with E-state index in [1.807, 2.05) is 0 Å². The van der Waals surface area contributed by atoms with Crippen LogP contribution in [0.3, 0.4) is 0 Å².